The number of ether oxygens (including phenoxy) is 2. The molecule has 0 saturated carbocycles. The van der Waals surface area contributed by atoms with Gasteiger partial charge in [-0.25, -0.2) is 9.18 Å². The van der Waals surface area contributed by atoms with E-state index < -0.39 is 11.6 Å². The molecular weight excluding hydrogens is 581 g/mol. The molecule has 0 spiro atoms. The van der Waals surface area contributed by atoms with Crippen LogP contribution in [0.2, 0.25) is 0 Å². The van der Waals surface area contributed by atoms with Crippen molar-refractivity contribution in [1.29, 1.82) is 0 Å². The molecule has 0 saturated heterocycles. The van der Waals surface area contributed by atoms with Crippen molar-refractivity contribution in [2.45, 2.75) is 33.5 Å². The summed E-state index contributed by atoms with van der Waals surface area (Å²) in [5, 5.41) is 3.16. The second kappa shape index (κ2) is 13.7. The van der Waals surface area contributed by atoms with E-state index in [1.54, 1.807) is 41.8 Å². The average Bonchev–Trinajstić information content (AvgIpc) is 3.36. The van der Waals surface area contributed by atoms with Crippen LogP contribution in [0.5, 0.6) is 5.75 Å². The summed E-state index contributed by atoms with van der Waals surface area (Å²) >= 11 is 1.40. The minimum Gasteiger partial charge on any atom is -0.434 e. The molecule has 5 aromatic rings. The van der Waals surface area contributed by atoms with Gasteiger partial charge in [-0.15, -0.1) is 11.3 Å². The highest BCUT2D eigenvalue weighted by Crippen LogP contribution is 2.40. The number of nitrogens with zero attached hydrogens (tertiary/aromatic N) is 2. The first-order valence-corrected chi connectivity index (χ1v) is 14.9. The number of carbonyl (C=O) groups excluding carboxylic acids is 2. The van der Waals surface area contributed by atoms with E-state index >= 15 is 0 Å². The highest BCUT2D eigenvalue weighted by Gasteiger charge is 2.24. The summed E-state index contributed by atoms with van der Waals surface area (Å²) in [4.78, 5) is 41.5. The molecule has 5 rings (SSSR count). The quantitative estimate of drug-likeness (QED) is 0.170. The maximum Gasteiger partial charge on any atom is 0.514 e. The van der Waals surface area contributed by atoms with Crippen LogP contribution in [0, 0.1) is 5.82 Å². The first-order valence-electron chi connectivity index (χ1n) is 14.1. The van der Waals surface area contributed by atoms with Crippen molar-refractivity contribution in [3.8, 4) is 16.2 Å². The number of thiophene rings is 1. The van der Waals surface area contributed by atoms with E-state index in [4.69, 9.17) is 9.47 Å². The van der Waals surface area contributed by atoms with Gasteiger partial charge in [0.15, 0.2) is 5.75 Å². The van der Waals surface area contributed by atoms with E-state index in [9.17, 15) is 18.8 Å². The Kier molecular flexibility index (Phi) is 9.52. The van der Waals surface area contributed by atoms with Crippen molar-refractivity contribution >= 4 is 39.3 Å². The molecular formula is C34H32FN3O5S. The normalized spacial score (nSPS) is 11.1. The lowest BCUT2D eigenvalue weighted by molar-refractivity contribution is -0.114. The van der Waals surface area contributed by atoms with Gasteiger partial charge >= 0.3 is 6.16 Å². The Morgan fingerprint density at radius 2 is 1.68 bits per heavy atom. The van der Waals surface area contributed by atoms with Gasteiger partial charge < -0.3 is 19.4 Å². The predicted octanol–water partition coefficient (Wildman–Crippen LogP) is 7.04. The maximum atomic E-state index is 14.8. The fraction of sp³-hybridized carbons (Fsp3) is 0.206. The van der Waals surface area contributed by atoms with Crippen LogP contribution in [0.15, 0.2) is 89.9 Å². The van der Waals surface area contributed by atoms with Crippen molar-refractivity contribution in [3.05, 3.63) is 118 Å². The molecule has 1 N–H and O–H groups in total. The largest absolute Gasteiger partial charge is 0.514 e. The van der Waals surface area contributed by atoms with Gasteiger partial charge in [0.2, 0.25) is 11.3 Å². The van der Waals surface area contributed by atoms with Crippen LogP contribution < -0.4 is 15.5 Å². The summed E-state index contributed by atoms with van der Waals surface area (Å²) in [5.74, 6) is -0.771. The monoisotopic (exact) mass is 613 g/mol. The molecule has 0 bridgehead atoms. The van der Waals surface area contributed by atoms with Gasteiger partial charge in [0.25, 0.3) is 0 Å². The van der Waals surface area contributed by atoms with Crippen LogP contribution in [0.25, 0.3) is 20.7 Å². The Labute approximate surface area is 258 Å². The SMILES string of the molecule is CCOC(=O)Oc1cn(Cc2ccccc2F)c2sc(-c3ccc(NC(C)=O)cc3)c(CN(C)Cc3ccccc3)c2c1=O. The molecule has 0 aliphatic rings. The van der Waals surface area contributed by atoms with Crippen LogP contribution >= 0.6 is 11.3 Å². The molecule has 0 aliphatic heterocycles. The van der Waals surface area contributed by atoms with Crippen molar-refractivity contribution in [2.75, 3.05) is 19.0 Å². The molecule has 10 heteroatoms. The van der Waals surface area contributed by atoms with Gasteiger partial charge in [-0.1, -0.05) is 60.7 Å². The molecule has 0 atom stereocenters. The second-order valence-corrected chi connectivity index (χ2v) is 11.3. The highest BCUT2D eigenvalue weighted by molar-refractivity contribution is 7.22. The lowest BCUT2D eigenvalue weighted by atomic mass is 10.0. The van der Waals surface area contributed by atoms with E-state index in [1.807, 2.05) is 49.5 Å². The molecule has 2 heterocycles. The zero-order valence-corrected chi connectivity index (χ0v) is 25.4. The summed E-state index contributed by atoms with van der Waals surface area (Å²) in [7, 11) is 1.97. The third-order valence-corrected chi connectivity index (χ3v) is 8.24. The highest BCUT2D eigenvalue weighted by atomic mass is 32.1. The van der Waals surface area contributed by atoms with Crippen LogP contribution in [0.1, 0.15) is 30.5 Å². The van der Waals surface area contributed by atoms with Crippen molar-refractivity contribution in [1.82, 2.24) is 9.47 Å². The molecule has 0 radical (unpaired) electrons. The number of anilines is 1. The minimum atomic E-state index is -0.992. The maximum absolute atomic E-state index is 14.8. The Morgan fingerprint density at radius 3 is 2.36 bits per heavy atom. The van der Waals surface area contributed by atoms with Crippen molar-refractivity contribution < 1.29 is 23.5 Å². The Bertz CT molecular complexity index is 1850. The van der Waals surface area contributed by atoms with Gasteiger partial charge in [-0.3, -0.25) is 14.5 Å². The number of rotatable bonds is 10. The smallest absolute Gasteiger partial charge is 0.434 e. The van der Waals surface area contributed by atoms with E-state index in [1.165, 1.54) is 30.5 Å². The van der Waals surface area contributed by atoms with Gasteiger partial charge in [0, 0.05) is 36.1 Å². The number of hydrogen-bond acceptors (Lipinski definition) is 7. The van der Waals surface area contributed by atoms with Crippen LogP contribution in [-0.2, 0) is 29.2 Å². The Morgan fingerprint density at radius 1 is 0.977 bits per heavy atom. The standard InChI is InChI=1S/C34H32FN3O5S/c1-4-42-34(41)43-29-21-38(19-25-12-8-9-13-28(25)35)33-30(31(29)40)27(20-37(3)18-23-10-6-5-7-11-23)32(44-33)24-14-16-26(17-15-24)36-22(2)39/h5-17,21H,4,18-20H2,1-3H3,(H,36,39). The second-order valence-electron chi connectivity index (χ2n) is 10.3. The fourth-order valence-electron chi connectivity index (χ4n) is 5.02. The zero-order valence-electron chi connectivity index (χ0n) is 24.6. The summed E-state index contributed by atoms with van der Waals surface area (Å²) in [6.45, 7) is 4.29. The third kappa shape index (κ3) is 7.04. The molecule has 8 nitrogen and oxygen atoms in total. The number of hydrogen-bond donors (Lipinski definition) is 1. The number of pyridine rings is 1. The number of fused-ring (bicyclic) bond motifs is 1. The van der Waals surface area contributed by atoms with Crippen molar-refractivity contribution in [3.63, 3.8) is 0 Å². The summed E-state index contributed by atoms with van der Waals surface area (Å²) in [5.41, 5.74) is 3.30. The lowest BCUT2D eigenvalue weighted by Crippen LogP contribution is -2.21. The summed E-state index contributed by atoms with van der Waals surface area (Å²) in [6.07, 6.45) is 0.444. The molecule has 0 fully saturated rings. The van der Waals surface area contributed by atoms with E-state index in [0.717, 1.165) is 21.6 Å². The minimum absolute atomic E-state index is 0.0805. The predicted molar refractivity (Wildman–Crippen MR) is 171 cm³/mol. The van der Waals surface area contributed by atoms with E-state index in [0.29, 0.717) is 34.6 Å². The molecule has 1 amide bonds. The topological polar surface area (TPSA) is 89.9 Å². The Hall–Kier alpha value is -4.80. The van der Waals surface area contributed by atoms with Crippen LogP contribution in [0.4, 0.5) is 14.9 Å². The van der Waals surface area contributed by atoms with Gasteiger partial charge in [0.1, 0.15) is 10.6 Å². The number of aromatic nitrogens is 1. The summed E-state index contributed by atoms with van der Waals surface area (Å²) in [6, 6.07) is 23.8. The van der Waals surface area contributed by atoms with Gasteiger partial charge in [0.05, 0.1) is 24.7 Å². The van der Waals surface area contributed by atoms with Crippen molar-refractivity contribution in [2.24, 2.45) is 0 Å². The molecule has 226 valence electrons. The number of benzene rings is 3. The average molecular weight is 614 g/mol. The zero-order chi connectivity index (χ0) is 31.2. The molecule has 0 aliphatic carbocycles. The molecule has 44 heavy (non-hydrogen) atoms. The van der Waals surface area contributed by atoms with E-state index in [-0.39, 0.29) is 30.6 Å². The molecule has 2 aromatic heterocycles. The number of nitrogens with one attached hydrogen (secondary N) is 1. The third-order valence-electron chi connectivity index (χ3n) is 6.92. The van der Waals surface area contributed by atoms with Gasteiger partial charge in [-0.05, 0) is 48.9 Å². The van der Waals surface area contributed by atoms with Crippen LogP contribution in [-0.4, -0.2) is 35.2 Å². The first-order chi connectivity index (χ1) is 21.2. The van der Waals surface area contributed by atoms with E-state index in [2.05, 4.69) is 10.2 Å². The lowest BCUT2D eigenvalue weighted by Gasteiger charge is -2.18. The number of amides is 1. The fourth-order valence-corrected chi connectivity index (χ4v) is 6.31. The first kappa shape index (κ1) is 30.7. The molecule has 0 unspecified atom stereocenters. The number of carbonyl (C=O) groups is 2. The van der Waals surface area contributed by atoms with Crippen LogP contribution in [0.3, 0.4) is 0 Å². The molecule has 3 aromatic carbocycles. The van der Waals surface area contributed by atoms with Gasteiger partial charge in [-0.2, -0.15) is 0 Å². The Balaban J connectivity index is 1.70. The number of halogens is 1. The summed E-state index contributed by atoms with van der Waals surface area (Å²) < 4.78 is 26.9.